The first kappa shape index (κ1) is 14.7. The van der Waals surface area contributed by atoms with Crippen LogP contribution in [0.3, 0.4) is 0 Å². The number of ether oxygens (including phenoxy) is 1. The number of hydrogen-bond donors (Lipinski definition) is 2. The lowest BCUT2D eigenvalue weighted by Crippen LogP contribution is -2.27. The molecule has 0 aliphatic heterocycles. The largest absolute Gasteiger partial charge is 0.495 e. The van der Waals surface area contributed by atoms with Crippen LogP contribution in [-0.2, 0) is 19.7 Å². The van der Waals surface area contributed by atoms with Crippen molar-refractivity contribution >= 4 is 27.6 Å². The molecule has 1 aromatic rings. The van der Waals surface area contributed by atoms with Gasteiger partial charge in [-0.15, -0.1) is 0 Å². The lowest BCUT2D eigenvalue weighted by atomic mass is 10.3. The van der Waals surface area contributed by atoms with Crippen molar-refractivity contribution in [1.82, 2.24) is 4.89 Å². The molecule has 2 N–H and O–H groups in total. The van der Waals surface area contributed by atoms with Crippen LogP contribution in [0.4, 0.5) is 0 Å². The predicted molar refractivity (Wildman–Crippen MR) is 61.9 cm³/mol. The van der Waals surface area contributed by atoms with Crippen LogP contribution in [-0.4, -0.2) is 33.2 Å². The van der Waals surface area contributed by atoms with E-state index in [-0.39, 0.29) is 10.6 Å². The monoisotopic (exact) mass is 295 g/mol. The topological polar surface area (TPSA) is 102 Å². The van der Waals surface area contributed by atoms with Gasteiger partial charge in [0.2, 0.25) is 0 Å². The average Bonchev–Trinajstić information content (AvgIpc) is 2.27. The van der Waals surface area contributed by atoms with Crippen LogP contribution in [0.25, 0.3) is 0 Å². The van der Waals surface area contributed by atoms with Crippen molar-refractivity contribution in [3.8, 4) is 5.75 Å². The Kier molecular flexibility index (Phi) is 4.91. The van der Waals surface area contributed by atoms with E-state index in [9.17, 15) is 13.2 Å². The summed E-state index contributed by atoms with van der Waals surface area (Å²) < 4.78 is 28.4. The molecule has 1 rings (SSSR count). The summed E-state index contributed by atoms with van der Waals surface area (Å²) in [5.74, 6) is -1.28. The van der Waals surface area contributed by atoms with E-state index in [4.69, 9.17) is 21.4 Å². The molecule has 0 fully saturated rings. The number of benzene rings is 1. The van der Waals surface area contributed by atoms with Gasteiger partial charge < -0.3 is 9.84 Å². The van der Waals surface area contributed by atoms with Crippen molar-refractivity contribution < 1.29 is 27.9 Å². The lowest BCUT2D eigenvalue weighted by molar-refractivity contribution is -0.143. The fourth-order valence-corrected chi connectivity index (χ4v) is 2.20. The first-order valence-corrected chi connectivity index (χ1v) is 6.42. The van der Waals surface area contributed by atoms with Crippen molar-refractivity contribution in [2.45, 2.75) is 4.90 Å². The Labute approximate surface area is 108 Å². The van der Waals surface area contributed by atoms with Crippen molar-refractivity contribution in [1.29, 1.82) is 0 Å². The molecule has 0 atom stereocenters. The number of carboxylic acids is 1. The molecule has 1 aromatic carbocycles. The molecular formula is C9H10ClNO6S. The number of methoxy groups -OCH3 is 1. The lowest BCUT2D eigenvalue weighted by Gasteiger charge is -2.10. The molecule has 0 saturated heterocycles. The van der Waals surface area contributed by atoms with E-state index < -0.39 is 22.6 Å². The van der Waals surface area contributed by atoms with Crippen LogP contribution in [0.15, 0.2) is 23.1 Å². The average molecular weight is 296 g/mol. The molecule has 0 unspecified atom stereocenters. The van der Waals surface area contributed by atoms with Gasteiger partial charge >= 0.3 is 5.97 Å². The van der Waals surface area contributed by atoms with Gasteiger partial charge in [-0.1, -0.05) is 16.5 Å². The van der Waals surface area contributed by atoms with Gasteiger partial charge in [-0.3, -0.25) is 4.84 Å². The van der Waals surface area contributed by atoms with E-state index in [1.807, 2.05) is 0 Å². The Balaban J connectivity index is 2.94. The summed E-state index contributed by atoms with van der Waals surface area (Å²) in [7, 11) is -2.75. The Morgan fingerprint density at radius 1 is 1.50 bits per heavy atom. The molecule has 0 heterocycles. The number of nitrogens with one attached hydrogen (secondary N) is 1. The highest BCUT2D eigenvalue weighted by Crippen LogP contribution is 2.26. The normalized spacial score (nSPS) is 11.2. The highest BCUT2D eigenvalue weighted by molar-refractivity contribution is 7.89. The minimum atomic E-state index is -4.03. The van der Waals surface area contributed by atoms with Gasteiger partial charge in [0.05, 0.1) is 7.11 Å². The van der Waals surface area contributed by atoms with Gasteiger partial charge in [0.15, 0.2) is 6.61 Å². The molecule has 0 aliphatic carbocycles. The molecule has 9 heteroatoms. The zero-order chi connectivity index (χ0) is 13.8. The molecular weight excluding hydrogens is 286 g/mol. The molecule has 0 aliphatic rings. The first-order chi connectivity index (χ1) is 8.36. The Morgan fingerprint density at radius 3 is 2.72 bits per heavy atom. The van der Waals surface area contributed by atoms with Gasteiger partial charge in [0.25, 0.3) is 10.0 Å². The quantitative estimate of drug-likeness (QED) is 0.747. The summed E-state index contributed by atoms with van der Waals surface area (Å²) in [6, 6.07) is 3.89. The number of carbonyl (C=O) groups is 1. The molecule has 0 bridgehead atoms. The maximum absolute atomic E-state index is 11.8. The highest BCUT2D eigenvalue weighted by Gasteiger charge is 2.20. The van der Waals surface area contributed by atoms with Crippen molar-refractivity contribution in [2.75, 3.05) is 13.7 Å². The molecule has 0 radical (unpaired) electrons. The third-order valence-electron chi connectivity index (χ3n) is 1.78. The molecule has 0 saturated carbocycles. The van der Waals surface area contributed by atoms with Gasteiger partial charge in [0, 0.05) is 11.1 Å². The SMILES string of the molecule is COc1cc(Cl)ccc1S(=O)(=O)NOCC(=O)O. The summed E-state index contributed by atoms with van der Waals surface area (Å²) in [6.07, 6.45) is 0. The van der Waals surface area contributed by atoms with Crippen LogP contribution in [0.2, 0.25) is 5.02 Å². The fourth-order valence-electron chi connectivity index (χ4n) is 1.08. The Bertz CT molecular complexity index is 544. The van der Waals surface area contributed by atoms with Gasteiger partial charge in [-0.2, -0.15) is 0 Å². The third-order valence-corrected chi connectivity index (χ3v) is 3.27. The highest BCUT2D eigenvalue weighted by atomic mass is 35.5. The smallest absolute Gasteiger partial charge is 0.331 e. The second-order valence-electron chi connectivity index (χ2n) is 3.06. The van der Waals surface area contributed by atoms with Crippen LogP contribution >= 0.6 is 11.6 Å². The summed E-state index contributed by atoms with van der Waals surface area (Å²) in [5.41, 5.74) is 0. The zero-order valence-electron chi connectivity index (χ0n) is 9.21. The van der Waals surface area contributed by atoms with E-state index in [2.05, 4.69) is 4.84 Å². The number of aliphatic carboxylic acids is 1. The van der Waals surface area contributed by atoms with Crippen LogP contribution in [0.5, 0.6) is 5.75 Å². The van der Waals surface area contributed by atoms with E-state index >= 15 is 0 Å². The summed E-state index contributed by atoms with van der Waals surface area (Å²) in [4.78, 5) is 16.0. The second-order valence-corrected chi connectivity index (χ2v) is 5.11. The van der Waals surface area contributed by atoms with Gasteiger partial charge in [-0.25, -0.2) is 13.2 Å². The molecule has 0 spiro atoms. The Morgan fingerprint density at radius 2 is 2.17 bits per heavy atom. The maximum Gasteiger partial charge on any atom is 0.331 e. The predicted octanol–water partition coefficient (Wildman–Crippen LogP) is 0.643. The number of carboxylic acid groups (broad SMARTS) is 1. The second kappa shape index (κ2) is 6.01. The minimum absolute atomic E-state index is 0.0222. The number of sulfonamides is 1. The van der Waals surface area contributed by atoms with Crippen LogP contribution < -0.4 is 9.62 Å². The van der Waals surface area contributed by atoms with Crippen LogP contribution in [0, 0.1) is 0 Å². The molecule has 7 nitrogen and oxygen atoms in total. The van der Waals surface area contributed by atoms with Gasteiger partial charge in [-0.05, 0) is 12.1 Å². The number of halogens is 1. The zero-order valence-corrected chi connectivity index (χ0v) is 10.8. The first-order valence-electron chi connectivity index (χ1n) is 4.56. The Hall–Kier alpha value is -1.35. The van der Waals surface area contributed by atoms with Crippen molar-refractivity contribution in [3.05, 3.63) is 23.2 Å². The fraction of sp³-hybridized carbons (Fsp3) is 0.222. The minimum Gasteiger partial charge on any atom is -0.495 e. The number of hydrogen-bond acceptors (Lipinski definition) is 5. The molecule has 18 heavy (non-hydrogen) atoms. The van der Waals surface area contributed by atoms with E-state index in [0.29, 0.717) is 5.02 Å². The molecule has 0 amide bonds. The summed E-state index contributed by atoms with van der Waals surface area (Å²) in [6.45, 7) is -0.796. The van der Waals surface area contributed by atoms with E-state index in [1.165, 1.54) is 25.3 Å². The standard InChI is InChI=1S/C9H10ClNO6S/c1-16-7-4-6(10)2-3-8(7)18(14,15)11-17-5-9(12)13/h2-4,11H,5H2,1H3,(H,12,13). The molecule has 100 valence electrons. The van der Waals surface area contributed by atoms with Crippen LogP contribution in [0.1, 0.15) is 0 Å². The van der Waals surface area contributed by atoms with E-state index in [1.54, 1.807) is 4.89 Å². The van der Waals surface area contributed by atoms with E-state index in [0.717, 1.165) is 0 Å². The van der Waals surface area contributed by atoms with Crippen molar-refractivity contribution in [2.24, 2.45) is 0 Å². The van der Waals surface area contributed by atoms with Gasteiger partial charge in [0.1, 0.15) is 10.6 Å². The molecule has 0 aromatic heterocycles. The maximum atomic E-state index is 11.8. The number of rotatable bonds is 6. The van der Waals surface area contributed by atoms with Crippen molar-refractivity contribution in [3.63, 3.8) is 0 Å². The summed E-state index contributed by atoms with van der Waals surface area (Å²) >= 11 is 5.69. The summed E-state index contributed by atoms with van der Waals surface area (Å²) in [5, 5.41) is 8.62. The third kappa shape index (κ3) is 3.84.